The second kappa shape index (κ2) is 6.63. The Kier molecular flexibility index (Phi) is 4.40. The third kappa shape index (κ3) is 3.76. The second-order valence-corrected chi connectivity index (χ2v) is 5.54. The van der Waals surface area contributed by atoms with E-state index in [1.54, 1.807) is 25.4 Å². The van der Waals surface area contributed by atoms with Crippen LogP contribution in [0.4, 0.5) is 21.8 Å². The normalized spacial score (nSPS) is 19.3. The minimum absolute atomic E-state index is 0.284. The molecule has 2 aromatic rings. The van der Waals surface area contributed by atoms with E-state index in [2.05, 4.69) is 32.4 Å². The first-order chi connectivity index (χ1) is 11.1. The molecule has 0 spiro atoms. The van der Waals surface area contributed by atoms with Gasteiger partial charge in [0, 0.05) is 24.7 Å². The van der Waals surface area contributed by atoms with Gasteiger partial charge in [-0.25, -0.2) is 9.37 Å². The summed E-state index contributed by atoms with van der Waals surface area (Å²) in [4.78, 5) is 8.65. The number of hydrogen-bond acceptors (Lipinski definition) is 5. The summed E-state index contributed by atoms with van der Waals surface area (Å²) in [6, 6.07) is 6.31. The first-order valence-electron chi connectivity index (χ1n) is 7.48. The van der Waals surface area contributed by atoms with Crippen LogP contribution in [0.25, 0.3) is 0 Å². The lowest BCUT2D eigenvalue weighted by atomic mass is 9.81. The summed E-state index contributed by atoms with van der Waals surface area (Å²) >= 11 is 0. The third-order valence-corrected chi connectivity index (χ3v) is 3.71. The van der Waals surface area contributed by atoms with Gasteiger partial charge in [-0.05, 0) is 37.1 Å². The Bertz CT molecular complexity index is 742. The van der Waals surface area contributed by atoms with Crippen LogP contribution in [0.1, 0.15) is 18.4 Å². The molecule has 118 valence electrons. The average molecular weight is 311 g/mol. The van der Waals surface area contributed by atoms with E-state index >= 15 is 0 Å². The molecule has 0 unspecified atom stereocenters. The molecule has 0 aliphatic heterocycles. The van der Waals surface area contributed by atoms with Gasteiger partial charge in [-0.2, -0.15) is 4.98 Å². The maximum absolute atomic E-state index is 12.9. The van der Waals surface area contributed by atoms with Crippen molar-refractivity contribution in [2.24, 2.45) is 11.7 Å². The first kappa shape index (κ1) is 15.3. The summed E-state index contributed by atoms with van der Waals surface area (Å²) < 4.78 is 12.9. The molecule has 0 saturated heterocycles. The molecule has 23 heavy (non-hydrogen) atoms. The number of nitrogens with one attached hydrogen (secondary N) is 2. The number of hydrogen-bond donors (Lipinski definition) is 3. The van der Waals surface area contributed by atoms with E-state index in [4.69, 9.17) is 5.73 Å². The van der Waals surface area contributed by atoms with Crippen LogP contribution < -0.4 is 16.4 Å². The Morgan fingerprint density at radius 1 is 1.26 bits per heavy atom. The Morgan fingerprint density at radius 2 is 2.00 bits per heavy atom. The molecule has 0 atom stereocenters. The predicted molar refractivity (Wildman–Crippen MR) is 88.8 cm³/mol. The largest absolute Gasteiger partial charge is 0.372 e. The molecule has 0 amide bonds. The van der Waals surface area contributed by atoms with Crippen molar-refractivity contribution >= 4 is 17.5 Å². The zero-order valence-corrected chi connectivity index (χ0v) is 12.8. The Balaban J connectivity index is 1.75. The molecule has 3 rings (SSSR count). The topological polar surface area (TPSA) is 75.9 Å². The van der Waals surface area contributed by atoms with Crippen LogP contribution in [0.5, 0.6) is 0 Å². The van der Waals surface area contributed by atoms with E-state index in [-0.39, 0.29) is 11.9 Å². The smallest absolute Gasteiger partial charge is 0.229 e. The van der Waals surface area contributed by atoms with Gasteiger partial charge in [0.15, 0.2) is 0 Å². The number of nitrogens with two attached hydrogens (primary N) is 1. The summed E-state index contributed by atoms with van der Waals surface area (Å²) in [6.07, 6.45) is 3.58. The van der Waals surface area contributed by atoms with Crippen molar-refractivity contribution in [3.63, 3.8) is 0 Å². The van der Waals surface area contributed by atoms with Gasteiger partial charge in [0.2, 0.25) is 5.95 Å². The number of anilines is 3. The zero-order chi connectivity index (χ0) is 16.2. The van der Waals surface area contributed by atoms with E-state index in [9.17, 15) is 4.39 Å². The number of halogens is 1. The molecule has 1 aromatic carbocycles. The molecule has 0 radical (unpaired) electrons. The fourth-order valence-corrected chi connectivity index (χ4v) is 2.35. The minimum atomic E-state index is -0.284. The van der Waals surface area contributed by atoms with Gasteiger partial charge >= 0.3 is 0 Å². The van der Waals surface area contributed by atoms with Crippen molar-refractivity contribution in [2.45, 2.75) is 18.9 Å². The van der Waals surface area contributed by atoms with Gasteiger partial charge in [0.1, 0.15) is 11.6 Å². The third-order valence-electron chi connectivity index (χ3n) is 3.71. The zero-order valence-electron chi connectivity index (χ0n) is 12.8. The molecular formula is C17H18FN5. The van der Waals surface area contributed by atoms with Gasteiger partial charge in [0.05, 0.1) is 11.8 Å². The molecule has 6 heteroatoms. The van der Waals surface area contributed by atoms with E-state index in [0.717, 1.165) is 24.1 Å². The Morgan fingerprint density at radius 3 is 2.65 bits per heavy atom. The fraction of sp³-hybridized carbons (Fsp3) is 0.294. The van der Waals surface area contributed by atoms with Crippen LogP contribution in [-0.2, 0) is 0 Å². The first-order valence-corrected chi connectivity index (χ1v) is 7.48. The Labute approximate surface area is 134 Å². The summed E-state index contributed by atoms with van der Waals surface area (Å²) in [7, 11) is 1.79. The second-order valence-electron chi connectivity index (χ2n) is 5.54. The molecule has 4 N–H and O–H groups in total. The molecule has 1 fully saturated rings. The van der Waals surface area contributed by atoms with Crippen LogP contribution >= 0.6 is 0 Å². The molecule has 5 nitrogen and oxygen atoms in total. The van der Waals surface area contributed by atoms with Crippen LogP contribution in [0, 0.1) is 23.6 Å². The SMILES string of the molecule is CNc1nc(Nc2ccc(F)cc2)ncc1C#C[C@H]1C[C@@H](N)C1. The lowest BCUT2D eigenvalue weighted by molar-refractivity contribution is 0.335. The van der Waals surface area contributed by atoms with Crippen molar-refractivity contribution in [2.75, 3.05) is 17.7 Å². The van der Waals surface area contributed by atoms with Crippen LogP contribution in [0.2, 0.25) is 0 Å². The molecule has 1 aliphatic carbocycles. The maximum atomic E-state index is 12.9. The molecule has 1 heterocycles. The number of rotatable bonds is 3. The minimum Gasteiger partial charge on any atom is -0.372 e. The summed E-state index contributed by atoms with van der Waals surface area (Å²) in [6.45, 7) is 0. The van der Waals surface area contributed by atoms with Crippen molar-refractivity contribution in [3.05, 3.63) is 41.8 Å². The molecule has 0 bridgehead atoms. The summed E-state index contributed by atoms with van der Waals surface area (Å²) in [5.41, 5.74) is 7.23. The van der Waals surface area contributed by atoms with Gasteiger partial charge in [-0.1, -0.05) is 11.8 Å². The number of aromatic nitrogens is 2. The highest BCUT2D eigenvalue weighted by Gasteiger charge is 2.23. The average Bonchev–Trinajstić information content (AvgIpc) is 2.53. The molecule has 1 saturated carbocycles. The highest BCUT2D eigenvalue weighted by Crippen LogP contribution is 2.25. The number of benzene rings is 1. The predicted octanol–water partition coefficient (Wildman–Crippen LogP) is 2.49. The van der Waals surface area contributed by atoms with Crippen LogP contribution in [0.15, 0.2) is 30.5 Å². The van der Waals surface area contributed by atoms with Gasteiger partial charge in [0.25, 0.3) is 0 Å². The highest BCUT2D eigenvalue weighted by molar-refractivity contribution is 5.59. The van der Waals surface area contributed by atoms with E-state index in [1.807, 2.05) is 0 Å². The molecule has 1 aliphatic rings. The maximum Gasteiger partial charge on any atom is 0.229 e. The standard InChI is InChI=1S/C17H18FN5/c1-20-16-12(3-2-11-8-14(19)9-11)10-21-17(23-16)22-15-6-4-13(18)5-7-15/h4-7,10-11,14H,8-9,19H2,1H3,(H2,20,21,22,23)/t11-,14+. The van der Waals surface area contributed by atoms with Crippen molar-refractivity contribution in [3.8, 4) is 11.8 Å². The van der Waals surface area contributed by atoms with Crippen molar-refractivity contribution in [1.29, 1.82) is 0 Å². The van der Waals surface area contributed by atoms with Crippen molar-refractivity contribution in [1.82, 2.24) is 9.97 Å². The van der Waals surface area contributed by atoms with E-state index in [0.29, 0.717) is 17.7 Å². The lowest BCUT2D eigenvalue weighted by Crippen LogP contribution is -2.35. The highest BCUT2D eigenvalue weighted by atomic mass is 19.1. The summed E-state index contributed by atoms with van der Waals surface area (Å²) in [5.74, 6) is 7.48. The van der Waals surface area contributed by atoms with E-state index < -0.39 is 0 Å². The van der Waals surface area contributed by atoms with Crippen LogP contribution in [-0.4, -0.2) is 23.1 Å². The van der Waals surface area contributed by atoms with Gasteiger partial charge in [-0.3, -0.25) is 0 Å². The van der Waals surface area contributed by atoms with Gasteiger partial charge < -0.3 is 16.4 Å². The monoisotopic (exact) mass is 311 g/mol. The number of nitrogens with zero attached hydrogens (tertiary/aromatic N) is 2. The van der Waals surface area contributed by atoms with Crippen LogP contribution in [0.3, 0.4) is 0 Å². The quantitative estimate of drug-likeness (QED) is 0.759. The molecular weight excluding hydrogens is 293 g/mol. The fourth-order valence-electron chi connectivity index (χ4n) is 2.35. The van der Waals surface area contributed by atoms with Crippen molar-refractivity contribution < 1.29 is 4.39 Å². The van der Waals surface area contributed by atoms with Gasteiger partial charge in [-0.15, -0.1) is 0 Å². The summed E-state index contributed by atoms with van der Waals surface area (Å²) in [5, 5.41) is 6.05. The lowest BCUT2D eigenvalue weighted by Gasteiger charge is -2.27. The van der Waals surface area contributed by atoms with E-state index in [1.165, 1.54) is 12.1 Å². The molecule has 1 aromatic heterocycles. The Hall–Kier alpha value is -2.65.